The lowest BCUT2D eigenvalue weighted by Crippen LogP contribution is -2.42. The number of likely N-dealkylation sites (tertiary alicyclic amines) is 1. The molecule has 0 radical (unpaired) electrons. The molecule has 0 atom stereocenters. The van der Waals surface area contributed by atoms with Crippen LogP contribution < -0.4 is 5.32 Å². The molecular formula is C13H21BrN2S. The first-order chi connectivity index (χ1) is 8.28. The van der Waals surface area contributed by atoms with Gasteiger partial charge in [0.2, 0.25) is 0 Å². The summed E-state index contributed by atoms with van der Waals surface area (Å²) in [5.74, 6) is 0. The number of piperidine rings is 1. The van der Waals surface area contributed by atoms with Crippen LogP contribution in [0.2, 0.25) is 0 Å². The lowest BCUT2D eigenvalue weighted by Gasteiger charge is -2.31. The number of halogens is 1. The third-order valence-electron chi connectivity index (χ3n) is 3.47. The van der Waals surface area contributed by atoms with E-state index in [-0.39, 0.29) is 0 Å². The van der Waals surface area contributed by atoms with Crippen molar-refractivity contribution in [3.05, 3.63) is 20.8 Å². The van der Waals surface area contributed by atoms with Gasteiger partial charge in [-0.25, -0.2) is 0 Å². The van der Waals surface area contributed by atoms with Gasteiger partial charge in [-0.05, 0) is 67.0 Å². The summed E-state index contributed by atoms with van der Waals surface area (Å²) in [4.78, 5) is 4.00. The summed E-state index contributed by atoms with van der Waals surface area (Å²) in [6, 6.07) is 5.09. The summed E-state index contributed by atoms with van der Waals surface area (Å²) < 4.78 is 1.24. The van der Waals surface area contributed by atoms with Crippen molar-refractivity contribution in [1.82, 2.24) is 10.2 Å². The highest BCUT2D eigenvalue weighted by atomic mass is 79.9. The van der Waals surface area contributed by atoms with Crippen LogP contribution in [-0.2, 0) is 6.42 Å². The minimum atomic E-state index is 0.737. The second kappa shape index (κ2) is 6.88. The van der Waals surface area contributed by atoms with E-state index in [1.165, 1.54) is 41.1 Å². The zero-order chi connectivity index (χ0) is 12.1. The first-order valence-electron chi connectivity index (χ1n) is 6.48. The Bertz CT molecular complexity index is 332. The fourth-order valence-electron chi connectivity index (χ4n) is 2.34. The van der Waals surface area contributed by atoms with Crippen molar-refractivity contribution < 1.29 is 0 Å². The van der Waals surface area contributed by atoms with Crippen LogP contribution in [-0.4, -0.2) is 37.1 Å². The van der Waals surface area contributed by atoms with Gasteiger partial charge < -0.3 is 10.2 Å². The number of hydrogen-bond acceptors (Lipinski definition) is 3. The first kappa shape index (κ1) is 13.5. The molecule has 96 valence electrons. The number of rotatable bonds is 5. The van der Waals surface area contributed by atoms with Crippen LogP contribution in [0.4, 0.5) is 0 Å². The van der Waals surface area contributed by atoms with Crippen molar-refractivity contribution in [2.45, 2.75) is 32.2 Å². The summed E-state index contributed by atoms with van der Waals surface area (Å²) >= 11 is 5.35. The predicted molar refractivity (Wildman–Crippen MR) is 78.9 cm³/mol. The van der Waals surface area contributed by atoms with E-state index in [4.69, 9.17) is 0 Å². The number of thiophene rings is 1. The lowest BCUT2D eigenvalue weighted by molar-refractivity contribution is 0.207. The molecular weight excluding hydrogens is 296 g/mol. The Morgan fingerprint density at radius 1 is 1.41 bits per heavy atom. The molecule has 0 aliphatic carbocycles. The topological polar surface area (TPSA) is 15.3 Å². The third kappa shape index (κ3) is 4.36. The summed E-state index contributed by atoms with van der Waals surface area (Å²) in [5, 5.41) is 3.69. The van der Waals surface area contributed by atoms with Crippen LogP contribution in [0.25, 0.3) is 0 Å². The molecule has 0 spiro atoms. The van der Waals surface area contributed by atoms with Gasteiger partial charge in [-0.15, -0.1) is 11.3 Å². The number of hydrogen-bond donors (Lipinski definition) is 1. The van der Waals surface area contributed by atoms with Gasteiger partial charge >= 0.3 is 0 Å². The molecule has 1 saturated heterocycles. The van der Waals surface area contributed by atoms with Crippen molar-refractivity contribution in [3.8, 4) is 0 Å². The fourth-order valence-corrected chi connectivity index (χ4v) is 3.82. The van der Waals surface area contributed by atoms with Gasteiger partial charge in [-0.2, -0.15) is 0 Å². The molecule has 1 aliphatic rings. The number of nitrogens with one attached hydrogen (secondary N) is 1. The molecule has 2 nitrogen and oxygen atoms in total. The minimum absolute atomic E-state index is 0.737. The maximum atomic E-state index is 3.69. The van der Waals surface area contributed by atoms with Crippen LogP contribution in [0, 0.1) is 0 Å². The minimum Gasteiger partial charge on any atom is -0.314 e. The second-order valence-electron chi connectivity index (χ2n) is 4.62. The van der Waals surface area contributed by atoms with Gasteiger partial charge in [0.15, 0.2) is 0 Å². The molecule has 17 heavy (non-hydrogen) atoms. The van der Waals surface area contributed by atoms with Crippen molar-refractivity contribution in [3.63, 3.8) is 0 Å². The van der Waals surface area contributed by atoms with Crippen LogP contribution in [0.5, 0.6) is 0 Å². The van der Waals surface area contributed by atoms with E-state index in [1.807, 2.05) is 11.3 Å². The van der Waals surface area contributed by atoms with Crippen molar-refractivity contribution in [1.29, 1.82) is 0 Å². The molecule has 1 N–H and O–H groups in total. The molecule has 1 aromatic heterocycles. The molecule has 0 unspecified atom stereocenters. The van der Waals surface area contributed by atoms with E-state index in [0.29, 0.717) is 0 Å². The van der Waals surface area contributed by atoms with E-state index in [2.05, 4.69) is 45.2 Å². The molecule has 0 amide bonds. The Hall–Kier alpha value is 0.1000. The molecule has 1 aromatic rings. The maximum Gasteiger partial charge on any atom is 0.0701 e. The Labute approximate surface area is 117 Å². The van der Waals surface area contributed by atoms with E-state index in [1.54, 1.807) is 0 Å². The largest absolute Gasteiger partial charge is 0.314 e. The molecule has 0 saturated carbocycles. The van der Waals surface area contributed by atoms with Crippen LogP contribution in [0.1, 0.15) is 24.6 Å². The van der Waals surface area contributed by atoms with Gasteiger partial charge in [0.05, 0.1) is 3.79 Å². The summed E-state index contributed by atoms with van der Waals surface area (Å²) in [6.07, 6.45) is 3.77. The van der Waals surface area contributed by atoms with Crippen molar-refractivity contribution in [2.75, 3.05) is 26.2 Å². The van der Waals surface area contributed by atoms with E-state index in [0.717, 1.165) is 19.0 Å². The molecule has 1 aliphatic heterocycles. The zero-order valence-corrected chi connectivity index (χ0v) is 12.8. The molecule has 1 fully saturated rings. The molecule has 2 rings (SSSR count). The van der Waals surface area contributed by atoms with Gasteiger partial charge in [0.25, 0.3) is 0 Å². The Morgan fingerprint density at radius 2 is 2.18 bits per heavy atom. The highest BCUT2D eigenvalue weighted by Crippen LogP contribution is 2.22. The summed E-state index contributed by atoms with van der Waals surface area (Å²) in [7, 11) is 0. The molecule has 0 aromatic carbocycles. The highest BCUT2D eigenvalue weighted by Gasteiger charge is 2.16. The normalized spacial score (nSPS) is 18.7. The summed E-state index contributed by atoms with van der Waals surface area (Å²) in [5.41, 5.74) is 0. The Balaban J connectivity index is 1.63. The fraction of sp³-hybridized carbons (Fsp3) is 0.692. The van der Waals surface area contributed by atoms with Crippen LogP contribution in [0.3, 0.4) is 0 Å². The summed E-state index contributed by atoms with van der Waals surface area (Å²) in [6.45, 7) is 7.10. The van der Waals surface area contributed by atoms with Crippen molar-refractivity contribution >= 4 is 27.3 Å². The average Bonchev–Trinajstić information content (AvgIpc) is 2.76. The van der Waals surface area contributed by atoms with Gasteiger partial charge in [-0.3, -0.25) is 0 Å². The standard InChI is InChI=1S/C13H21BrN2S/c1-2-16-9-6-11(7-10-16)15-8-5-12-3-4-13(14)17-12/h3-4,11,15H,2,5-10H2,1H3. The number of nitrogens with zero attached hydrogens (tertiary/aromatic N) is 1. The average molecular weight is 317 g/mol. The molecule has 4 heteroatoms. The first-order valence-corrected chi connectivity index (χ1v) is 8.09. The van der Waals surface area contributed by atoms with E-state index >= 15 is 0 Å². The predicted octanol–water partition coefficient (Wildman–Crippen LogP) is 3.13. The van der Waals surface area contributed by atoms with Gasteiger partial charge in [0.1, 0.15) is 0 Å². The molecule has 0 bridgehead atoms. The Kier molecular flexibility index (Phi) is 5.48. The van der Waals surface area contributed by atoms with E-state index < -0.39 is 0 Å². The van der Waals surface area contributed by atoms with Gasteiger partial charge in [-0.1, -0.05) is 6.92 Å². The molecule has 2 heterocycles. The monoisotopic (exact) mass is 316 g/mol. The Morgan fingerprint density at radius 3 is 2.76 bits per heavy atom. The quantitative estimate of drug-likeness (QED) is 0.897. The maximum absolute atomic E-state index is 3.69. The van der Waals surface area contributed by atoms with Crippen LogP contribution >= 0.6 is 27.3 Å². The second-order valence-corrected chi connectivity index (χ2v) is 7.17. The third-order valence-corrected chi connectivity index (χ3v) is 5.15. The SMILES string of the molecule is CCN1CCC(NCCc2ccc(Br)s2)CC1. The van der Waals surface area contributed by atoms with Crippen molar-refractivity contribution in [2.24, 2.45) is 0 Å². The zero-order valence-electron chi connectivity index (χ0n) is 10.4. The van der Waals surface area contributed by atoms with Crippen LogP contribution in [0.15, 0.2) is 15.9 Å². The smallest absolute Gasteiger partial charge is 0.0701 e. The van der Waals surface area contributed by atoms with E-state index in [9.17, 15) is 0 Å². The van der Waals surface area contributed by atoms with Gasteiger partial charge in [0, 0.05) is 17.5 Å². The lowest BCUT2D eigenvalue weighted by atomic mass is 10.1. The highest BCUT2D eigenvalue weighted by molar-refractivity contribution is 9.11.